The van der Waals surface area contributed by atoms with Gasteiger partial charge in [-0.25, -0.2) is 23.2 Å². The van der Waals surface area contributed by atoms with Crippen molar-refractivity contribution in [1.29, 1.82) is 0 Å². The van der Waals surface area contributed by atoms with Crippen molar-refractivity contribution in [3.8, 4) is 5.69 Å². The first-order chi connectivity index (χ1) is 12.4. The van der Waals surface area contributed by atoms with E-state index < -0.39 is 25.5 Å². The Labute approximate surface area is 148 Å². The molecule has 26 heavy (non-hydrogen) atoms. The van der Waals surface area contributed by atoms with Crippen molar-refractivity contribution in [3.63, 3.8) is 0 Å². The molecule has 1 heterocycles. The third kappa shape index (κ3) is 3.68. The Balaban J connectivity index is 1.83. The quantitative estimate of drug-likeness (QED) is 0.490. The van der Waals surface area contributed by atoms with Crippen LogP contribution in [0.15, 0.2) is 60.0 Å². The molecule has 0 saturated heterocycles. The van der Waals surface area contributed by atoms with E-state index in [0.29, 0.717) is 0 Å². The topological polar surface area (TPSA) is 146 Å². The molecule has 0 aliphatic rings. The molecule has 0 atom stereocenters. The molecule has 11 heteroatoms. The van der Waals surface area contributed by atoms with Crippen molar-refractivity contribution >= 4 is 21.4 Å². The number of hydrogen-bond donors (Lipinski definition) is 2. The second-order valence-electron chi connectivity index (χ2n) is 5.31. The maximum atomic E-state index is 11.6. The number of nitrogens with zero attached hydrogens (tertiary/aromatic N) is 4. The van der Waals surface area contributed by atoms with Crippen LogP contribution >= 0.6 is 0 Å². The van der Waals surface area contributed by atoms with E-state index in [-0.39, 0.29) is 12.2 Å². The van der Waals surface area contributed by atoms with Crippen LogP contribution in [0, 0.1) is 10.1 Å². The van der Waals surface area contributed by atoms with Gasteiger partial charge in [0.15, 0.2) is 4.90 Å². The number of nitro benzene ring substituents is 1. The lowest BCUT2D eigenvalue weighted by molar-refractivity contribution is -0.386. The Kier molecular flexibility index (Phi) is 4.65. The summed E-state index contributed by atoms with van der Waals surface area (Å²) in [6, 6.07) is 11.2. The average molecular weight is 374 g/mol. The van der Waals surface area contributed by atoms with Gasteiger partial charge in [-0.15, -0.1) is 0 Å². The predicted molar refractivity (Wildman–Crippen MR) is 93.2 cm³/mol. The minimum atomic E-state index is -4.21. The molecule has 0 aliphatic heterocycles. The highest BCUT2D eigenvalue weighted by Gasteiger charge is 2.26. The predicted octanol–water partition coefficient (Wildman–Crippen LogP) is 1.43. The molecular weight excluding hydrogens is 360 g/mol. The normalized spacial score (nSPS) is 11.3. The number of aromatic nitrogens is 3. The Morgan fingerprint density at radius 1 is 1.19 bits per heavy atom. The standard InChI is InChI=1S/C15H14N6O4S/c16-26(24,25)14-3-1-2-13(15(14)21(22)23)18-8-11-4-6-12(7-5-11)20-10-17-9-19-20/h1-7,9-10,18H,8H2,(H2,16,24,25). The SMILES string of the molecule is NS(=O)(=O)c1cccc(NCc2ccc(-n3cncn3)cc2)c1[N+](=O)[O-]. The van der Waals surface area contributed by atoms with Gasteiger partial charge in [0.25, 0.3) is 0 Å². The molecule has 0 spiro atoms. The first-order valence-corrected chi connectivity index (χ1v) is 8.89. The van der Waals surface area contributed by atoms with Crippen molar-refractivity contribution in [2.75, 3.05) is 5.32 Å². The molecule has 3 aromatic rings. The smallest absolute Gasteiger partial charge is 0.312 e. The summed E-state index contributed by atoms with van der Waals surface area (Å²) in [6.45, 7) is 0.256. The van der Waals surface area contributed by atoms with E-state index in [1.54, 1.807) is 11.0 Å². The van der Waals surface area contributed by atoms with E-state index in [1.165, 1.54) is 18.5 Å². The van der Waals surface area contributed by atoms with E-state index in [4.69, 9.17) is 5.14 Å². The summed E-state index contributed by atoms with van der Waals surface area (Å²) >= 11 is 0. The van der Waals surface area contributed by atoms with E-state index >= 15 is 0 Å². The van der Waals surface area contributed by atoms with Crippen molar-refractivity contribution in [2.24, 2.45) is 5.14 Å². The maximum Gasteiger partial charge on any atom is 0.312 e. The largest absolute Gasteiger partial charge is 0.375 e. The Morgan fingerprint density at radius 3 is 2.50 bits per heavy atom. The van der Waals surface area contributed by atoms with Crippen LogP contribution in [0.5, 0.6) is 0 Å². The van der Waals surface area contributed by atoms with Crippen LogP contribution in [0.1, 0.15) is 5.56 Å². The van der Waals surface area contributed by atoms with E-state index in [9.17, 15) is 18.5 Å². The van der Waals surface area contributed by atoms with Crippen molar-refractivity contribution < 1.29 is 13.3 Å². The van der Waals surface area contributed by atoms with E-state index in [2.05, 4.69) is 15.4 Å². The maximum absolute atomic E-state index is 11.6. The monoisotopic (exact) mass is 374 g/mol. The number of sulfonamides is 1. The van der Waals surface area contributed by atoms with Crippen LogP contribution in [0.2, 0.25) is 0 Å². The van der Waals surface area contributed by atoms with E-state index in [1.807, 2.05) is 24.3 Å². The highest BCUT2D eigenvalue weighted by Crippen LogP contribution is 2.31. The van der Waals surface area contributed by atoms with Gasteiger partial charge in [0.05, 0.1) is 10.6 Å². The lowest BCUT2D eigenvalue weighted by Gasteiger charge is -2.10. The summed E-state index contributed by atoms with van der Waals surface area (Å²) in [4.78, 5) is 13.9. The fraction of sp³-hybridized carbons (Fsp3) is 0.0667. The molecule has 2 aromatic carbocycles. The van der Waals surface area contributed by atoms with Crippen LogP contribution in [0.3, 0.4) is 0 Å². The van der Waals surface area contributed by atoms with Crippen molar-refractivity contribution in [3.05, 3.63) is 70.8 Å². The third-order valence-corrected chi connectivity index (χ3v) is 4.53. The molecule has 0 bridgehead atoms. The first kappa shape index (κ1) is 17.5. The molecule has 0 radical (unpaired) electrons. The van der Waals surface area contributed by atoms with Gasteiger partial charge in [0.1, 0.15) is 18.3 Å². The summed E-state index contributed by atoms with van der Waals surface area (Å²) in [5.74, 6) is 0. The molecule has 10 nitrogen and oxygen atoms in total. The molecule has 0 amide bonds. The van der Waals surface area contributed by atoms with Gasteiger partial charge in [-0.05, 0) is 29.8 Å². The average Bonchev–Trinajstić information content (AvgIpc) is 3.13. The summed E-state index contributed by atoms with van der Waals surface area (Å²) < 4.78 is 24.7. The van der Waals surface area contributed by atoms with Crippen molar-refractivity contribution in [1.82, 2.24) is 14.8 Å². The second kappa shape index (κ2) is 6.90. The van der Waals surface area contributed by atoms with Gasteiger partial charge in [0.2, 0.25) is 10.0 Å². The van der Waals surface area contributed by atoms with Crippen LogP contribution in [0.4, 0.5) is 11.4 Å². The lowest BCUT2D eigenvalue weighted by atomic mass is 10.2. The highest BCUT2D eigenvalue weighted by molar-refractivity contribution is 7.89. The Bertz CT molecular complexity index is 1030. The van der Waals surface area contributed by atoms with Gasteiger partial charge in [-0.3, -0.25) is 10.1 Å². The molecule has 1 aromatic heterocycles. The lowest BCUT2D eigenvalue weighted by Crippen LogP contribution is -2.15. The molecule has 3 N–H and O–H groups in total. The number of hydrogen-bond acceptors (Lipinski definition) is 7. The van der Waals surface area contributed by atoms with Crippen LogP contribution in [0.25, 0.3) is 5.69 Å². The van der Waals surface area contributed by atoms with Crippen LogP contribution in [-0.4, -0.2) is 28.1 Å². The molecule has 3 rings (SSSR count). The number of anilines is 1. The zero-order valence-corrected chi connectivity index (χ0v) is 14.1. The van der Waals surface area contributed by atoms with Gasteiger partial charge < -0.3 is 5.32 Å². The molecule has 0 unspecified atom stereocenters. The number of nitro groups is 1. The number of benzene rings is 2. The van der Waals surface area contributed by atoms with Gasteiger partial charge in [0, 0.05) is 6.54 Å². The summed E-state index contributed by atoms with van der Waals surface area (Å²) in [5.41, 5.74) is 1.15. The van der Waals surface area contributed by atoms with Gasteiger partial charge >= 0.3 is 5.69 Å². The number of para-hydroxylation sites is 1. The Morgan fingerprint density at radius 2 is 1.92 bits per heavy atom. The molecular formula is C15H14N6O4S. The van der Waals surface area contributed by atoms with Crippen LogP contribution in [-0.2, 0) is 16.6 Å². The summed E-state index contributed by atoms with van der Waals surface area (Å²) in [7, 11) is -4.21. The molecule has 0 saturated carbocycles. The number of nitrogens with one attached hydrogen (secondary N) is 1. The van der Waals surface area contributed by atoms with E-state index in [0.717, 1.165) is 17.3 Å². The number of primary sulfonamides is 1. The van der Waals surface area contributed by atoms with Gasteiger partial charge in [-0.1, -0.05) is 18.2 Å². The minimum Gasteiger partial charge on any atom is -0.375 e. The Hall–Kier alpha value is -3.31. The molecule has 0 fully saturated rings. The fourth-order valence-corrected chi connectivity index (χ4v) is 3.11. The zero-order valence-electron chi connectivity index (χ0n) is 13.3. The van der Waals surface area contributed by atoms with Crippen LogP contribution < -0.4 is 10.5 Å². The third-order valence-electron chi connectivity index (χ3n) is 3.59. The van der Waals surface area contributed by atoms with Gasteiger partial charge in [-0.2, -0.15) is 5.10 Å². The zero-order chi connectivity index (χ0) is 18.7. The first-order valence-electron chi connectivity index (χ1n) is 7.34. The highest BCUT2D eigenvalue weighted by atomic mass is 32.2. The summed E-state index contributed by atoms with van der Waals surface area (Å²) in [6.07, 6.45) is 2.99. The molecule has 0 aliphatic carbocycles. The molecule has 134 valence electrons. The minimum absolute atomic E-state index is 0.0712. The second-order valence-corrected chi connectivity index (χ2v) is 6.84. The van der Waals surface area contributed by atoms with Crippen molar-refractivity contribution in [2.45, 2.75) is 11.4 Å². The number of rotatable bonds is 6. The number of nitrogens with two attached hydrogens (primary N) is 1. The fourth-order valence-electron chi connectivity index (χ4n) is 2.39. The summed E-state index contributed by atoms with van der Waals surface area (Å²) in [5, 5.41) is 23.3.